The molecule has 0 saturated carbocycles. The zero-order valence-electron chi connectivity index (χ0n) is 17.1. The van der Waals surface area contributed by atoms with Crippen molar-refractivity contribution in [2.75, 3.05) is 26.4 Å². The Morgan fingerprint density at radius 1 is 0.571 bits per heavy atom. The summed E-state index contributed by atoms with van der Waals surface area (Å²) >= 11 is 0. The molecule has 2 aromatic carbocycles. The van der Waals surface area contributed by atoms with Crippen LogP contribution in [0.25, 0.3) is 10.8 Å². The Labute approximate surface area is 169 Å². The van der Waals surface area contributed by atoms with Gasteiger partial charge in [0.05, 0.1) is 13.2 Å². The van der Waals surface area contributed by atoms with Gasteiger partial charge in [0, 0.05) is 18.6 Å². The van der Waals surface area contributed by atoms with Crippen molar-refractivity contribution in [1.82, 2.24) is 0 Å². The molecule has 0 aromatic heterocycles. The van der Waals surface area contributed by atoms with Gasteiger partial charge in [0.1, 0.15) is 0 Å². The van der Waals surface area contributed by atoms with Crippen LogP contribution in [0, 0.1) is 0 Å². The highest BCUT2D eigenvalue weighted by Crippen LogP contribution is 2.36. The minimum absolute atomic E-state index is 0.286. The van der Waals surface area contributed by atoms with Crippen LogP contribution in [0.5, 0.6) is 11.5 Å². The lowest BCUT2D eigenvalue weighted by Gasteiger charge is -2.15. The molecule has 0 aliphatic rings. The van der Waals surface area contributed by atoms with E-state index in [1.807, 2.05) is 18.2 Å². The number of hydrogen-bond donors (Lipinski definition) is 2. The molecule has 28 heavy (non-hydrogen) atoms. The summed E-state index contributed by atoms with van der Waals surface area (Å²) in [6.07, 6.45) is 10.5. The third-order valence-corrected chi connectivity index (χ3v) is 4.95. The highest BCUT2D eigenvalue weighted by atomic mass is 16.5. The first-order valence-corrected chi connectivity index (χ1v) is 10.9. The molecule has 0 spiro atoms. The van der Waals surface area contributed by atoms with Gasteiger partial charge in [0.25, 0.3) is 0 Å². The van der Waals surface area contributed by atoms with Gasteiger partial charge in [0.15, 0.2) is 11.5 Å². The number of rotatable bonds is 16. The maximum atomic E-state index is 8.84. The zero-order valence-corrected chi connectivity index (χ0v) is 17.1. The molecule has 0 amide bonds. The van der Waals surface area contributed by atoms with Crippen molar-refractivity contribution >= 4 is 10.8 Å². The molecule has 0 bridgehead atoms. The second kappa shape index (κ2) is 14.3. The van der Waals surface area contributed by atoms with Gasteiger partial charge in [-0.25, -0.2) is 0 Å². The lowest BCUT2D eigenvalue weighted by atomic mass is 10.1. The molecule has 0 aliphatic heterocycles. The molecular weight excluding hydrogens is 352 g/mol. The van der Waals surface area contributed by atoms with Crippen molar-refractivity contribution in [3.63, 3.8) is 0 Å². The van der Waals surface area contributed by atoms with Crippen LogP contribution in [-0.2, 0) is 0 Å². The first-order valence-electron chi connectivity index (χ1n) is 10.9. The standard InChI is InChI=1S/C24H36O4/c25-17-9-3-1-5-11-19-27-23-16-15-21-13-7-8-14-22(21)24(23)28-20-12-6-2-4-10-18-26/h7-8,13-16,25-26H,1-6,9-12,17-20H2. The van der Waals surface area contributed by atoms with Crippen molar-refractivity contribution in [2.45, 2.75) is 64.2 Å². The molecule has 2 N–H and O–H groups in total. The molecule has 2 aromatic rings. The molecule has 0 heterocycles. The summed E-state index contributed by atoms with van der Waals surface area (Å²) in [4.78, 5) is 0. The first-order chi connectivity index (χ1) is 13.9. The van der Waals surface area contributed by atoms with Gasteiger partial charge >= 0.3 is 0 Å². The topological polar surface area (TPSA) is 58.9 Å². The fourth-order valence-corrected chi connectivity index (χ4v) is 3.33. The van der Waals surface area contributed by atoms with Gasteiger partial charge in [-0.2, -0.15) is 0 Å². The molecule has 4 heteroatoms. The number of hydrogen-bond acceptors (Lipinski definition) is 4. The lowest BCUT2D eigenvalue weighted by Crippen LogP contribution is -2.03. The fourth-order valence-electron chi connectivity index (χ4n) is 3.33. The summed E-state index contributed by atoms with van der Waals surface area (Å²) in [6, 6.07) is 12.4. The molecular formula is C24H36O4. The molecule has 0 atom stereocenters. The summed E-state index contributed by atoms with van der Waals surface area (Å²) in [5.41, 5.74) is 0. The van der Waals surface area contributed by atoms with Crippen LogP contribution in [-0.4, -0.2) is 36.6 Å². The molecule has 0 aliphatic carbocycles. The Bertz CT molecular complexity index is 656. The summed E-state index contributed by atoms with van der Waals surface area (Å²) in [5, 5.41) is 19.9. The van der Waals surface area contributed by atoms with Crippen molar-refractivity contribution in [1.29, 1.82) is 0 Å². The molecule has 2 rings (SSSR count). The fraction of sp³-hybridized carbons (Fsp3) is 0.583. The van der Waals surface area contributed by atoms with Crippen LogP contribution in [0.3, 0.4) is 0 Å². The molecule has 4 nitrogen and oxygen atoms in total. The quantitative estimate of drug-likeness (QED) is 0.374. The third kappa shape index (κ3) is 8.07. The van der Waals surface area contributed by atoms with E-state index in [1.54, 1.807) is 0 Å². The van der Waals surface area contributed by atoms with Gasteiger partial charge in [-0.15, -0.1) is 0 Å². The summed E-state index contributed by atoms with van der Waals surface area (Å²) in [6.45, 7) is 1.95. The van der Waals surface area contributed by atoms with E-state index in [0.29, 0.717) is 13.2 Å². The van der Waals surface area contributed by atoms with E-state index in [1.165, 1.54) is 0 Å². The van der Waals surface area contributed by atoms with E-state index in [4.69, 9.17) is 19.7 Å². The zero-order chi connectivity index (χ0) is 19.9. The summed E-state index contributed by atoms with van der Waals surface area (Å²) < 4.78 is 12.2. The predicted octanol–water partition coefficient (Wildman–Crippen LogP) is 5.48. The van der Waals surface area contributed by atoms with E-state index in [9.17, 15) is 0 Å². The second-order valence-electron chi connectivity index (χ2n) is 7.29. The number of aliphatic hydroxyl groups excluding tert-OH is 2. The monoisotopic (exact) mass is 388 g/mol. The largest absolute Gasteiger partial charge is 0.490 e. The minimum atomic E-state index is 0.286. The van der Waals surface area contributed by atoms with Crippen molar-refractivity contribution in [3.05, 3.63) is 36.4 Å². The Morgan fingerprint density at radius 2 is 1.14 bits per heavy atom. The summed E-state index contributed by atoms with van der Waals surface area (Å²) in [7, 11) is 0. The van der Waals surface area contributed by atoms with E-state index in [2.05, 4.69) is 18.2 Å². The molecule has 0 fully saturated rings. The number of benzene rings is 2. The average Bonchev–Trinajstić information content (AvgIpc) is 2.73. The highest BCUT2D eigenvalue weighted by molar-refractivity contribution is 5.90. The average molecular weight is 389 g/mol. The van der Waals surface area contributed by atoms with Gasteiger partial charge in [-0.1, -0.05) is 68.9 Å². The Kier molecular flexibility index (Phi) is 11.5. The second-order valence-corrected chi connectivity index (χ2v) is 7.29. The summed E-state index contributed by atoms with van der Waals surface area (Å²) in [5.74, 6) is 1.68. The van der Waals surface area contributed by atoms with Gasteiger partial charge in [-0.05, 0) is 37.1 Å². The number of ether oxygens (including phenoxy) is 2. The van der Waals surface area contributed by atoms with E-state index >= 15 is 0 Å². The van der Waals surface area contributed by atoms with Gasteiger partial charge in [-0.3, -0.25) is 0 Å². The van der Waals surface area contributed by atoms with Crippen molar-refractivity contribution < 1.29 is 19.7 Å². The normalized spacial score (nSPS) is 11.1. The van der Waals surface area contributed by atoms with Crippen molar-refractivity contribution in [3.8, 4) is 11.5 Å². The smallest absolute Gasteiger partial charge is 0.168 e. The molecule has 0 saturated heterocycles. The molecule has 156 valence electrons. The van der Waals surface area contributed by atoms with E-state index < -0.39 is 0 Å². The molecule has 0 radical (unpaired) electrons. The van der Waals surface area contributed by atoms with Crippen LogP contribution < -0.4 is 9.47 Å². The predicted molar refractivity (Wildman–Crippen MR) is 115 cm³/mol. The minimum Gasteiger partial charge on any atom is -0.490 e. The maximum absolute atomic E-state index is 8.84. The lowest BCUT2D eigenvalue weighted by molar-refractivity contribution is 0.257. The van der Waals surface area contributed by atoms with E-state index in [-0.39, 0.29) is 13.2 Å². The van der Waals surface area contributed by atoms with Crippen LogP contribution in [0.1, 0.15) is 64.2 Å². The number of fused-ring (bicyclic) bond motifs is 1. The van der Waals surface area contributed by atoms with Crippen LogP contribution in [0.15, 0.2) is 36.4 Å². The Morgan fingerprint density at radius 3 is 1.82 bits per heavy atom. The van der Waals surface area contributed by atoms with Crippen LogP contribution >= 0.6 is 0 Å². The van der Waals surface area contributed by atoms with Crippen LogP contribution in [0.4, 0.5) is 0 Å². The van der Waals surface area contributed by atoms with Gasteiger partial charge < -0.3 is 19.7 Å². The number of unbranched alkanes of at least 4 members (excludes halogenated alkanes) is 8. The van der Waals surface area contributed by atoms with Gasteiger partial charge in [0.2, 0.25) is 0 Å². The highest BCUT2D eigenvalue weighted by Gasteiger charge is 2.10. The Hall–Kier alpha value is -1.78. The maximum Gasteiger partial charge on any atom is 0.168 e. The number of aliphatic hydroxyl groups is 2. The molecule has 0 unspecified atom stereocenters. The van der Waals surface area contributed by atoms with Crippen LogP contribution in [0.2, 0.25) is 0 Å². The van der Waals surface area contributed by atoms with E-state index in [0.717, 1.165) is 86.5 Å². The first kappa shape index (κ1) is 22.5. The van der Waals surface area contributed by atoms with Crippen molar-refractivity contribution in [2.24, 2.45) is 0 Å². The Balaban J connectivity index is 1.86. The SMILES string of the molecule is OCCCCCCCOc1ccc2ccccc2c1OCCCCCCCO. The third-order valence-electron chi connectivity index (χ3n) is 4.95.